The monoisotopic (exact) mass is 441 g/mol. The van der Waals surface area contributed by atoms with Crippen LogP contribution in [0.2, 0.25) is 0 Å². The zero-order chi connectivity index (χ0) is 20.3. The van der Waals surface area contributed by atoms with Gasteiger partial charge in [0.25, 0.3) is 0 Å². The third kappa shape index (κ3) is 4.84. The Balaban J connectivity index is 1.98. The van der Waals surface area contributed by atoms with E-state index in [1.54, 1.807) is 0 Å². The van der Waals surface area contributed by atoms with Gasteiger partial charge in [0.1, 0.15) is 18.0 Å². The van der Waals surface area contributed by atoms with Gasteiger partial charge in [-0.15, -0.1) is 0 Å². The molecule has 0 aliphatic rings. The number of nitrogens with one attached hydrogen (secondary N) is 1. The summed E-state index contributed by atoms with van der Waals surface area (Å²) in [5.41, 5.74) is 2.20. The lowest BCUT2D eigenvalue weighted by Gasteiger charge is -2.21. The molecule has 5 heteroatoms. The van der Waals surface area contributed by atoms with E-state index in [0.717, 1.165) is 26.4 Å². The number of carbonyl (C=O) groups excluding carboxylic acids is 1. The average molecular weight is 442 g/mol. The standard InChI is InChI=1S/C23H24BrNO3/c1-15-9-8-12-17-19(27-14-16-10-6-5-7-11-16)13-18(21(24)20(15)17)25-22(26)28-23(2,3)4/h5-13H,14H2,1-4H3,(H,25,26). The maximum absolute atomic E-state index is 12.3. The molecule has 28 heavy (non-hydrogen) atoms. The molecular weight excluding hydrogens is 418 g/mol. The van der Waals surface area contributed by atoms with Crippen LogP contribution in [0.1, 0.15) is 31.9 Å². The molecule has 0 spiro atoms. The van der Waals surface area contributed by atoms with Crippen LogP contribution in [-0.4, -0.2) is 11.7 Å². The second-order valence-corrected chi connectivity index (χ2v) is 8.43. The summed E-state index contributed by atoms with van der Waals surface area (Å²) in [7, 11) is 0. The topological polar surface area (TPSA) is 47.6 Å². The molecule has 0 aromatic heterocycles. The van der Waals surface area contributed by atoms with E-state index in [1.807, 2.05) is 82.3 Å². The van der Waals surface area contributed by atoms with E-state index in [1.165, 1.54) is 0 Å². The van der Waals surface area contributed by atoms with E-state index in [-0.39, 0.29) is 0 Å². The molecule has 1 amide bonds. The summed E-state index contributed by atoms with van der Waals surface area (Å²) in [6.45, 7) is 7.98. The van der Waals surface area contributed by atoms with Gasteiger partial charge in [-0.05, 0) is 54.8 Å². The molecule has 0 unspecified atom stereocenters. The number of amides is 1. The van der Waals surface area contributed by atoms with Gasteiger partial charge in [-0.1, -0.05) is 48.5 Å². The van der Waals surface area contributed by atoms with Crippen molar-refractivity contribution in [2.45, 2.75) is 39.9 Å². The Morgan fingerprint density at radius 2 is 1.79 bits per heavy atom. The van der Waals surface area contributed by atoms with Crippen molar-refractivity contribution in [3.63, 3.8) is 0 Å². The molecule has 3 rings (SSSR count). The predicted octanol–water partition coefficient (Wildman–Crippen LogP) is 6.84. The first-order valence-electron chi connectivity index (χ1n) is 9.13. The highest BCUT2D eigenvalue weighted by Gasteiger charge is 2.19. The third-order valence-electron chi connectivity index (χ3n) is 4.14. The Labute approximate surface area is 174 Å². The van der Waals surface area contributed by atoms with Crippen molar-refractivity contribution in [2.75, 3.05) is 5.32 Å². The van der Waals surface area contributed by atoms with Crippen molar-refractivity contribution < 1.29 is 14.3 Å². The molecule has 0 saturated heterocycles. The SMILES string of the molecule is Cc1cccc2c(OCc3ccccc3)cc(NC(=O)OC(C)(C)C)c(Br)c12. The lowest BCUT2D eigenvalue weighted by atomic mass is 10.0. The summed E-state index contributed by atoms with van der Waals surface area (Å²) >= 11 is 3.65. The lowest BCUT2D eigenvalue weighted by Crippen LogP contribution is -2.27. The van der Waals surface area contributed by atoms with E-state index in [2.05, 4.69) is 21.2 Å². The number of carbonyl (C=O) groups is 1. The van der Waals surface area contributed by atoms with Crippen LogP contribution in [0.15, 0.2) is 59.1 Å². The van der Waals surface area contributed by atoms with Crippen LogP contribution in [-0.2, 0) is 11.3 Å². The van der Waals surface area contributed by atoms with Gasteiger partial charge in [0.05, 0.1) is 5.69 Å². The fraction of sp³-hybridized carbons (Fsp3) is 0.261. The van der Waals surface area contributed by atoms with Crippen LogP contribution in [0.25, 0.3) is 10.8 Å². The van der Waals surface area contributed by atoms with Crippen LogP contribution in [0.5, 0.6) is 5.75 Å². The molecule has 1 N–H and O–H groups in total. The second kappa shape index (κ2) is 8.23. The summed E-state index contributed by atoms with van der Waals surface area (Å²) < 4.78 is 12.3. The Morgan fingerprint density at radius 1 is 1.07 bits per heavy atom. The van der Waals surface area contributed by atoms with E-state index in [9.17, 15) is 4.79 Å². The number of anilines is 1. The number of rotatable bonds is 4. The zero-order valence-electron chi connectivity index (χ0n) is 16.5. The van der Waals surface area contributed by atoms with Gasteiger partial charge >= 0.3 is 6.09 Å². The van der Waals surface area contributed by atoms with Crippen LogP contribution < -0.4 is 10.1 Å². The quantitative estimate of drug-likeness (QED) is 0.482. The lowest BCUT2D eigenvalue weighted by molar-refractivity contribution is 0.0636. The highest BCUT2D eigenvalue weighted by molar-refractivity contribution is 9.10. The first kappa shape index (κ1) is 20.2. The van der Waals surface area contributed by atoms with Crippen molar-refractivity contribution in [1.82, 2.24) is 0 Å². The number of ether oxygens (including phenoxy) is 2. The summed E-state index contributed by atoms with van der Waals surface area (Å²) in [6, 6.07) is 17.9. The number of fused-ring (bicyclic) bond motifs is 1. The van der Waals surface area contributed by atoms with Crippen LogP contribution in [0.3, 0.4) is 0 Å². The Bertz CT molecular complexity index is 994. The molecule has 146 valence electrons. The number of aryl methyl sites for hydroxylation is 1. The minimum atomic E-state index is -0.573. The van der Waals surface area contributed by atoms with E-state index in [0.29, 0.717) is 18.0 Å². The van der Waals surface area contributed by atoms with Gasteiger partial charge in [0.15, 0.2) is 0 Å². The Kier molecular flexibility index (Phi) is 5.94. The van der Waals surface area contributed by atoms with Gasteiger partial charge in [-0.25, -0.2) is 4.79 Å². The maximum atomic E-state index is 12.3. The van der Waals surface area contributed by atoms with Gasteiger partial charge in [0.2, 0.25) is 0 Å². The van der Waals surface area contributed by atoms with E-state index >= 15 is 0 Å². The molecule has 0 heterocycles. The maximum Gasteiger partial charge on any atom is 0.412 e. The molecule has 0 saturated carbocycles. The van der Waals surface area contributed by atoms with Crippen LogP contribution in [0, 0.1) is 6.92 Å². The van der Waals surface area contributed by atoms with Crippen LogP contribution in [0.4, 0.5) is 10.5 Å². The largest absolute Gasteiger partial charge is 0.488 e. The summed E-state index contributed by atoms with van der Waals surface area (Å²) in [5.74, 6) is 0.705. The Hall–Kier alpha value is -2.53. The first-order chi connectivity index (χ1) is 13.2. The highest BCUT2D eigenvalue weighted by atomic mass is 79.9. The van der Waals surface area contributed by atoms with Crippen molar-refractivity contribution in [3.8, 4) is 5.75 Å². The average Bonchev–Trinajstić information content (AvgIpc) is 2.62. The van der Waals surface area contributed by atoms with Gasteiger partial charge in [-0.3, -0.25) is 5.32 Å². The molecule has 3 aromatic rings. The number of hydrogen-bond acceptors (Lipinski definition) is 3. The van der Waals surface area contributed by atoms with Crippen molar-refractivity contribution in [3.05, 3.63) is 70.2 Å². The smallest absolute Gasteiger partial charge is 0.412 e. The minimum absolute atomic E-state index is 0.442. The molecule has 0 bridgehead atoms. The fourth-order valence-corrected chi connectivity index (χ4v) is 3.67. The third-order valence-corrected chi connectivity index (χ3v) is 4.97. The van der Waals surface area contributed by atoms with E-state index in [4.69, 9.17) is 9.47 Å². The first-order valence-corrected chi connectivity index (χ1v) is 9.92. The van der Waals surface area contributed by atoms with Gasteiger partial charge in [0, 0.05) is 21.3 Å². The highest BCUT2D eigenvalue weighted by Crippen LogP contribution is 2.40. The number of halogens is 1. The Morgan fingerprint density at radius 3 is 2.46 bits per heavy atom. The number of hydrogen-bond donors (Lipinski definition) is 1. The van der Waals surface area contributed by atoms with Crippen molar-refractivity contribution in [1.29, 1.82) is 0 Å². The normalized spacial score (nSPS) is 11.3. The molecule has 3 aromatic carbocycles. The molecular formula is C23H24BrNO3. The minimum Gasteiger partial charge on any atom is -0.488 e. The zero-order valence-corrected chi connectivity index (χ0v) is 18.1. The van der Waals surface area contributed by atoms with Crippen LogP contribution >= 0.6 is 15.9 Å². The summed E-state index contributed by atoms with van der Waals surface area (Å²) in [6.07, 6.45) is -0.504. The molecule has 0 atom stereocenters. The molecule has 0 aliphatic heterocycles. The van der Waals surface area contributed by atoms with Crippen molar-refractivity contribution >= 4 is 38.5 Å². The molecule has 0 radical (unpaired) electrons. The predicted molar refractivity (Wildman–Crippen MR) is 117 cm³/mol. The summed E-state index contributed by atoms with van der Waals surface area (Å²) in [4.78, 5) is 12.3. The summed E-state index contributed by atoms with van der Waals surface area (Å²) in [5, 5.41) is 4.82. The van der Waals surface area contributed by atoms with Gasteiger partial charge in [-0.2, -0.15) is 0 Å². The van der Waals surface area contributed by atoms with Gasteiger partial charge < -0.3 is 9.47 Å². The van der Waals surface area contributed by atoms with E-state index < -0.39 is 11.7 Å². The molecule has 4 nitrogen and oxygen atoms in total. The van der Waals surface area contributed by atoms with Crippen molar-refractivity contribution in [2.24, 2.45) is 0 Å². The molecule has 0 aliphatic carbocycles. The second-order valence-electron chi connectivity index (χ2n) is 7.63. The fourth-order valence-electron chi connectivity index (χ4n) is 2.93. The number of benzene rings is 3. The molecule has 0 fully saturated rings.